The molecular formula is C11H14O4P+. The average molecular weight is 241 g/mol. The highest BCUT2D eigenvalue weighted by molar-refractivity contribution is 7.39. The minimum absolute atomic E-state index is 0.121. The number of hydrogen-bond donors (Lipinski definition) is 0. The van der Waals surface area contributed by atoms with Crippen LogP contribution in [0.2, 0.25) is 0 Å². The first-order chi connectivity index (χ1) is 7.72. The van der Waals surface area contributed by atoms with Crippen molar-refractivity contribution in [2.45, 2.75) is 13.0 Å². The number of ether oxygens (including phenoxy) is 1. The summed E-state index contributed by atoms with van der Waals surface area (Å²) in [4.78, 5) is 11.2. The molecule has 0 bridgehead atoms. The second-order valence-corrected chi connectivity index (χ2v) is 4.61. The van der Waals surface area contributed by atoms with Crippen molar-refractivity contribution in [3.8, 4) is 0 Å². The number of esters is 1. The highest BCUT2D eigenvalue weighted by Gasteiger charge is 2.17. The zero-order valence-electron chi connectivity index (χ0n) is 9.09. The summed E-state index contributed by atoms with van der Waals surface area (Å²) in [6, 6.07) is 9.41. The van der Waals surface area contributed by atoms with Gasteiger partial charge in [0.15, 0.2) is 6.16 Å². The van der Waals surface area contributed by atoms with Crippen LogP contribution in [0.15, 0.2) is 30.3 Å². The maximum Gasteiger partial charge on any atom is 0.508 e. The number of benzene rings is 1. The van der Waals surface area contributed by atoms with E-state index in [4.69, 9.17) is 4.74 Å². The van der Waals surface area contributed by atoms with Crippen LogP contribution in [0.4, 0.5) is 0 Å². The van der Waals surface area contributed by atoms with E-state index in [9.17, 15) is 9.36 Å². The van der Waals surface area contributed by atoms with Crippen LogP contribution in [0.5, 0.6) is 0 Å². The minimum Gasteiger partial charge on any atom is -0.461 e. The van der Waals surface area contributed by atoms with Gasteiger partial charge in [-0.05, 0) is 10.1 Å². The lowest BCUT2D eigenvalue weighted by molar-refractivity contribution is -0.144. The fourth-order valence-electron chi connectivity index (χ4n) is 1.08. The summed E-state index contributed by atoms with van der Waals surface area (Å²) in [7, 11) is -0.372. The van der Waals surface area contributed by atoms with Crippen molar-refractivity contribution >= 4 is 14.0 Å². The molecule has 5 heteroatoms. The monoisotopic (exact) mass is 241 g/mol. The van der Waals surface area contributed by atoms with Gasteiger partial charge in [-0.1, -0.05) is 30.3 Å². The molecule has 0 aliphatic carbocycles. The number of rotatable bonds is 6. The molecule has 0 aromatic heterocycles. The van der Waals surface area contributed by atoms with Gasteiger partial charge in [-0.15, -0.1) is 4.52 Å². The average Bonchev–Trinajstić information content (AvgIpc) is 2.34. The maximum absolute atomic E-state index is 11.2. The lowest BCUT2D eigenvalue weighted by Crippen LogP contribution is -2.05. The molecule has 0 aliphatic rings. The Morgan fingerprint density at radius 3 is 2.62 bits per heavy atom. The van der Waals surface area contributed by atoms with E-state index in [0.717, 1.165) is 5.56 Å². The molecule has 0 saturated carbocycles. The first kappa shape index (κ1) is 12.8. The second-order valence-electron chi connectivity index (χ2n) is 3.14. The molecule has 1 atom stereocenters. The molecule has 0 saturated heterocycles. The van der Waals surface area contributed by atoms with Gasteiger partial charge in [-0.3, -0.25) is 4.79 Å². The van der Waals surface area contributed by atoms with E-state index in [-0.39, 0.29) is 25.2 Å². The van der Waals surface area contributed by atoms with Gasteiger partial charge in [0, 0.05) is 0 Å². The van der Waals surface area contributed by atoms with E-state index in [1.54, 1.807) is 0 Å². The first-order valence-electron chi connectivity index (χ1n) is 4.90. The Hall–Kier alpha value is -1.25. The predicted molar refractivity (Wildman–Crippen MR) is 60.3 cm³/mol. The van der Waals surface area contributed by atoms with E-state index in [2.05, 4.69) is 4.52 Å². The molecule has 1 aromatic carbocycles. The van der Waals surface area contributed by atoms with Crippen LogP contribution in [-0.2, 0) is 25.2 Å². The van der Waals surface area contributed by atoms with Crippen molar-refractivity contribution in [3.05, 3.63) is 35.9 Å². The van der Waals surface area contributed by atoms with Crippen LogP contribution in [0.3, 0.4) is 0 Å². The van der Waals surface area contributed by atoms with E-state index in [1.165, 1.54) is 7.11 Å². The molecule has 16 heavy (non-hydrogen) atoms. The normalized spacial score (nSPS) is 10.9. The summed E-state index contributed by atoms with van der Waals surface area (Å²) in [6.07, 6.45) is 0.329. The van der Waals surface area contributed by atoms with Crippen molar-refractivity contribution in [3.63, 3.8) is 0 Å². The topological polar surface area (TPSA) is 52.6 Å². The van der Waals surface area contributed by atoms with E-state index < -0.39 is 8.03 Å². The number of carbonyl (C=O) groups is 1. The van der Waals surface area contributed by atoms with Gasteiger partial charge in [0.1, 0.15) is 6.61 Å². The fourth-order valence-corrected chi connectivity index (χ4v) is 1.63. The Morgan fingerprint density at radius 1 is 1.31 bits per heavy atom. The van der Waals surface area contributed by atoms with Crippen LogP contribution in [0, 0.1) is 0 Å². The predicted octanol–water partition coefficient (Wildman–Crippen LogP) is 2.51. The van der Waals surface area contributed by atoms with Gasteiger partial charge in [-0.2, -0.15) is 0 Å². The molecule has 1 aromatic rings. The molecule has 1 rings (SSSR count). The first-order valence-corrected chi connectivity index (χ1v) is 6.27. The van der Waals surface area contributed by atoms with Crippen molar-refractivity contribution in [1.29, 1.82) is 0 Å². The molecule has 0 aliphatic heterocycles. The molecule has 0 amide bonds. The second kappa shape index (κ2) is 7.09. The van der Waals surface area contributed by atoms with Crippen LogP contribution < -0.4 is 0 Å². The van der Waals surface area contributed by atoms with Gasteiger partial charge in [-0.25, -0.2) is 0 Å². The van der Waals surface area contributed by atoms with Crippen LogP contribution in [-0.4, -0.2) is 19.2 Å². The molecule has 4 nitrogen and oxygen atoms in total. The van der Waals surface area contributed by atoms with Crippen molar-refractivity contribution in [2.75, 3.05) is 13.3 Å². The molecule has 1 unspecified atom stereocenters. The van der Waals surface area contributed by atoms with Crippen LogP contribution in [0.25, 0.3) is 0 Å². The highest BCUT2D eigenvalue weighted by atomic mass is 31.1. The number of carbonyl (C=O) groups excluding carboxylic acids is 1. The summed E-state index contributed by atoms with van der Waals surface area (Å²) in [5.41, 5.74) is 0.937. The molecule has 86 valence electrons. The third kappa shape index (κ3) is 5.01. The SMILES string of the molecule is CO[P+](=O)CCC(=O)OCc1ccccc1. The molecule has 0 fully saturated rings. The largest absolute Gasteiger partial charge is 0.508 e. The van der Waals surface area contributed by atoms with Gasteiger partial charge in [0.2, 0.25) is 0 Å². The Kier molecular flexibility index (Phi) is 5.68. The quantitative estimate of drug-likeness (QED) is 0.567. The van der Waals surface area contributed by atoms with Crippen LogP contribution in [0.1, 0.15) is 12.0 Å². The van der Waals surface area contributed by atoms with Gasteiger partial charge in [0.25, 0.3) is 0 Å². The summed E-state index contributed by atoms with van der Waals surface area (Å²) in [5, 5.41) is 0. The Bertz CT molecular complexity index is 350. The van der Waals surface area contributed by atoms with Crippen molar-refractivity contribution in [2.24, 2.45) is 0 Å². The van der Waals surface area contributed by atoms with E-state index in [1.807, 2.05) is 30.3 Å². The van der Waals surface area contributed by atoms with Gasteiger partial charge < -0.3 is 4.74 Å². The summed E-state index contributed by atoms with van der Waals surface area (Å²) in [5.74, 6) is -0.357. The van der Waals surface area contributed by atoms with Crippen LogP contribution >= 0.6 is 8.03 Å². The Balaban J connectivity index is 2.23. The number of hydrogen-bond acceptors (Lipinski definition) is 4. The van der Waals surface area contributed by atoms with E-state index in [0.29, 0.717) is 0 Å². The highest BCUT2D eigenvalue weighted by Crippen LogP contribution is 2.21. The maximum atomic E-state index is 11.2. The molecule has 0 N–H and O–H groups in total. The standard InChI is InChI=1S/C11H14O4P/c1-14-16(13)8-7-11(12)15-9-10-5-3-2-4-6-10/h2-6H,7-9H2,1H3/q+1. The van der Waals surface area contributed by atoms with Gasteiger partial charge >= 0.3 is 14.0 Å². The zero-order valence-corrected chi connectivity index (χ0v) is 9.98. The minimum atomic E-state index is -1.73. The van der Waals surface area contributed by atoms with Crippen molar-refractivity contribution in [1.82, 2.24) is 0 Å². The molecule has 0 spiro atoms. The summed E-state index contributed by atoms with van der Waals surface area (Å²) >= 11 is 0. The van der Waals surface area contributed by atoms with Gasteiger partial charge in [0.05, 0.1) is 13.5 Å². The Labute approximate surface area is 95.4 Å². The van der Waals surface area contributed by atoms with E-state index >= 15 is 0 Å². The molecule has 0 heterocycles. The van der Waals surface area contributed by atoms with Crippen molar-refractivity contribution < 1.29 is 18.6 Å². The lowest BCUT2D eigenvalue weighted by Gasteiger charge is -2.02. The molecular weight excluding hydrogens is 227 g/mol. The smallest absolute Gasteiger partial charge is 0.461 e. The zero-order chi connectivity index (χ0) is 11.8. The summed E-state index contributed by atoms with van der Waals surface area (Å²) < 4.78 is 20.5. The third-order valence-electron chi connectivity index (χ3n) is 1.94. The summed E-state index contributed by atoms with van der Waals surface area (Å²) in [6.45, 7) is 0.253. The lowest BCUT2D eigenvalue weighted by atomic mass is 10.2. The third-order valence-corrected chi connectivity index (χ3v) is 2.94. The molecule has 0 radical (unpaired) electrons. The Morgan fingerprint density at radius 2 is 2.00 bits per heavy atom. The fraction of sp³-hybridized carbons (Fsp3) is 0.364.